The number of hydrogen-bond donors (Lipinski definition) is 0. The maximum absolute atomic E-state index is 3.34. The molecule has 3 heteroatoms. The Balaban J connectivity index is 0.000000257. The molecule has 5 aromatic carbocycles. The fraction of sp³-hybridized carbons (Fsp3) is 0.0323. The zero-order valence-electron chi connectivity index (χ0n) is 18.9. The van der Waals surface area contributed by atoms with E-state index in [-0.39, 0.29) is 24.8 Å². The van der Waals surface area contributed by atoms with E-state index in [4.69, 9.17) is 0 Å². The summed E-state index contributed by atoms with van der Waals surface area (Å²) in [5.74, 6) is 0. The van der Waals surface area contributed by atoms with Crippen LogP contribution in [0, 0.1) is 6.08 Å². The van der Waals surface area contributed by atoms with Crippen molar-refractivity contribution in [2.75, 3.05) is 0 Å². The Kier molecular flexibility index (Phi) is 14.9. The standard InChI is InChI=1S/C13H9.C12H10.C5H5.CH2.2ClH.Zr/c1-3-7-12-10(5-1)9-11-6-2-4-8-13(11)12;1-3-7-11(8-4-1)12-9-5-2-6-10-12;1-2-4-5-3-1;;;;/h1-9H;1-10H;1-3H,4H2;1H2;2*1H;/q-1;;-1;;;;+2. The molecule has 0 bridgehead atoms. The van der Waals surface area contributed by atoms with Crippen molar-refractivity contribution in [3.63, 3.8) is 0 Å². The zero-order chi connectivity index (χ0) is 22.4. The molecule has 0 radical (unpaired) electrons. The molecule has 0 spiro atoms. The van der Waals surface area contributed by atoms with E-state index in [0.29, 0.717) is 0 Å². The third-order valence-electron chi connectivity index (χ3n) is 4.99. The van der Waals surface area contributed by atoms with Crippen LogP contribution in [0.4, 0.5) is 0 Å². The van der Waals surface area contributed by atoms with Crippen LogP contribution in [0.25, 0.3) is 32.7 Å². The van der Waals surface area contributed by atoms with Crippen LogP contribution in [0.3, 0.4) is 0 Å². The van der Waals surface area contributed by atoms with Gasteiger partial charge in [-0.1, -0.05) is 97.1 Å². The predicted octanol–water partition coefficient (Wildman–Crippen LogP) is 9.18. The predicted molar refractivity (Wildman–Crippen MR) is 152 cm³/mol. The van der Waals surface area contributed by atoms with Gasteiger partial charge in [-0.2, -0.15) is 6.08 Å². The van der Waals surface area contributed by atoms with Gasteiger partial charge >= 0.3 is 28.4 Å². The van der Waals surface area contributed by atoms with Crippen LogP contribution < -0.4 is 0 Å². The Morgan fingerprint density at radius 1 is 0.588 bits per heavy atom. The summed E-state index contributed by atoms with van der Waals surface area (Å²) in [7, 11) is 0. The van der Waals surface area contributed by atoms with Crippen LogP contribution in [0.5, 0.6) is 0 Å². The summed E-state index contributed by atoms with van der Waals surface area (Å²) in [4.78, 5) is 0. The maximum atomic E-state index is 3.34. The second-order valence-corrected chi connectivity index (χ2v) is 7.05. The molecule has 5 aromatic rings. The largest absolute Gasteiger partial charge is 0.126 e. The van der Waals surface area contributed by atoms with Gasteiger partial charge in [0.15, 0.2) is 0 Å². The first-order valence-corrected chi connectivity index (χ1v) is 12.4. The van der Waals surface area contributed by atoms with E-state index < -0.39 is 0 Å². The fourth-order valence-corrected chi connectivity index (χ4v) is 3.51. The molecular formula is C31H28Cl2Zr. The van der Waals surface area contributed by atoms with E-state index in [1.165, 1.54) is 56.9 Å². The molecule has 0 saturated heterocycles. The smallest absolute Gasteiger partial charge is 0.0184 e. The van der Waals surface area contributed by atoms with Crippen LogP contribution in [-0.4, -0.2) is 4.21 Å². The molecule has 0 aromatic heterocycles. The molecule has 1 aliphatic carbocycles. The summed E-state index contributed by atoms with van der Waals surface area (Å²) in [6.45, 7) is 0. The number of hydrogen-bond acceptors (Lipinski definition) is 0. The van der Waals surface area contributed by atoms with E-state index >= 15 is 0 Å². The van der Waals surface area contributed by atoms with Gasteiger partial charge in [0.2, 0.25) is 0 Å². The second-order valence-electron chi connectivity index (χ2n) is 7.05. The van der Waals surface area contributed by atoms with Gasteiger partial charge in [0.25, 0.3) is 0 Å². The molecule has 1 aliphatic rings. The van der Waals surface area contributed by atoms with Gasteiger partial charge in [0, 0.05) is 0 Å². The summed E-state index contributed by atoms with van der Waals surface area (Å²) in [5.41, 5.74) is 2.55. The first-order valence-electron chi connectivity index (χ1n) is 10.6. The van der Waals surface area contributed by atoms with Crippen molar-refractivity contribution in [2.24, 2.45) is 0 Å². The van der Waals surface area contributed by atoms with Crippen LogP contribution in [0.1, 0.15) is 6.42 Å². The molecule has 0 fully saturated rings. The maximum Gasteiger partial charge on any atom is -0.0184 e. The molecule has 0 amide bonds. The van der Waals surface area contributed by atoms with Crippen molar-refractivity contribution in [3.8, 4) is 11.1 Å². The summed E-state index contributed by atoms with van der Waals surface area (Å²) in [6, 6.07) is 40.1. The van der Waals surface area contributed by atoms with E-state index in [1.807, 2.05) is 24.3 Å². The molecule has 170 valence electrons. The molecule has 0 nitrogen and oxygen atoms in total. The van der Waals surface area contributed by atoms with Gasteiger partial charge in [-0.25, -0.2) is 12.2 Å². The van der Waals surface area contributed by atoms with Crippen molar-refractivity contribution in [1.29, 1.82) is 0 Å². The average molecular weight is 563 g/mol. The van der Waals surface area contributed by atoms with Gasteiger partial charge in [0.05, 0.1) is 0 Å². The zero-order valence-corrected chi connectivity index (χ0v) is 23.0. The van der Waals surface area contributed by atoms with Gasteiger partial charge in [0.1, 0.15) is 0 Å². The van der Waals surface area contributed by atoms with Crippen LogP contribution in [0.15, 0.2) is 133 Å². The summed E-state index contributed by atoms with van der Waals surface area (Å²) in [6.07, 6.45) is 10.0. The van der Waals surface area contributed by atoms with E-state index in [0.717, 1.165) is 6.42 Å². The summed E-state index contributed by atoms with van der Waals surface area (Å²) < 4.78 is 3.34. The molecule has 0 aliphatic heterocycles. The molecular weight excluding hydrogens is 534 g/mol. The SMILES string of the molecule is Cl.Cl.[C-]1=CC=CC1.[CH2]=[Zr+2].c1ccc(-c2ccccc2)cc1.c1ccc2c(c1)[cH-]c1ccccc12. The normalized spacial score (nSPS) is 10.4. The van der Waals surface area contributed by atoms with Gasteiger partial charge in [-0.05, 0) is 11.1 Å². The van der Waals surface area contributed by atoms with Gasteiger partial charge in [-0.15, -0.1) is 71.0 Å². The van der Waals surface area contributed by atoms with Gasteiger partial charge < -0.3 is 0 Å². The molecule has 0 saturated carbocycles. The Labute approximate surface area is 230 Å². The van der Waals surface area contributed by atoms with Crippen LogP contribution in [0.2, 0.25) is 0 Å². The number of benzene rings is 4. The quantitative estimate of drug-likeness (QED) is 0.179. The Morgan fingerprint density at radius 2 is 1.00 bits per heavy atom. The second kappa shape index (κ2) is 17.1. The third kappa shape index (κ3) is 8.73. The third-order valence-corrected chi connectivity index (χ3v) is 4.99. The first-order chi connectivity index (χ1) is 15.9. The minimum atomic E-state index is 0. The summed E-state index contributed by atoms with van der Waals surface area (Å²) >= 11 is 1.30. The van der Waals surface area contributed by atoms with Crippen molar-refractivity contribution in [1.82, 2.24) is 0 Å². The fourth-order valence-electron chi connectivity index (χ4n) is 3.51. The molecule has 34 heavy (non-hydrogen) atoms. The van der Waals surface area contributed by atoms with E-state index in [2.05, 4.69) is 119 Å². The monoisotopic (exact) mass is 560 g/mol. The van der Waals surface area contributed by atoms with Crippen molar-refractivity contribution in [2.45, 2.75) is 6.42 Å². The minimum Gasteiger partial charge on any atom is -0.126 e. The molecule has 6 rings (SSSR count). The number of halogens is 2. The van der Waals surface area contributed by atoms with E-state index in [1.54, 1.807) is 0 Å². The molecule has 0 heterocycles. The number of allylic oxidation sites excluding steroid dienone is 4. The summed E-state index contributed by atoms with van der Waals surface area (Å²) in [5, 5.41) is 5.39. The van der Waals surface area contributed by atoms with Crippen molar-refractivity contribution < 1.29 is 24.2 Å². The van der Waals surface area contributed by atoms with Crippen LogP contribution in [-0.2, 0) is 24.2 Å². The Hall–Kier alpha value is -2.44. The van der Waals surface area contributed by atoms with Crippen LogP contribution >= 0.6 is 24.8 Å². The van der Waals surface area contributed by atoms with Crippen molar-refractivity contribution >= 4 is 50.6 Å². The first kappa shape index (κ1) is 29.6. The number of fused-ring (bicyclic) bond motifs is 3. The molecule has 0 atom stereocenters. The number of rotatable bonds is 1. The van der Waals surface area contributed by atoms with Crippen molar-refractivity contribution in [3.05, 3.63) is 140 Å². The Morgan fingerprint density at radius 3 is 1.35 bits per heavy atom. The topological polar surface area (TPSA) is 0 Å². The molecule has 0 N–H and O–H groups in total. The van der Waals surface area contributed by atoms with Gasteiger partial charge in [-0.3, -0.25) is 6.08 Å². The Bertz CT molecular complexity index is 1170. The molecule has 0 unspecified atom stereocenters. The minimum absolute atomic E-state index is 0. The average Bonchev–Trinajstić information content (AvgIpc) is 3.59. The van der Waals surface area contributed by atoms with E-state index in [9.17, 15) is 0 Å².